The van der Waals surface area contributed by atoms with Crippen molar-refractivity contribution in [2.45, 2.75) is 12.7 Å². The molecule has 0 bridgehead atoms. The van der Waals surface area contributed by atoms with Gasteiger partial charge in [0.2, 0.25) is 12.0 Å². The minimum absolute atomic E-state index is 0.0189. The van der Waals surface area contributed by atoms with Crippen molar-refractivity contribution in [2.24, 2.45) is 0 Å². The molecule has 0 saturated carbocycles. The number of carbonyl (C=O) groups excluding carboxylic acids is 1. The molecule has 0 saturated heterocycles. The van der Waals surface area contributed by atoms with E-state index < -0.39 is 18.2 Å². The Kier molecular flexibility index (Phi) is 6.93. The summed E-state index contributed by atoms with van der Waals surface area (Å²) in [6.45, 7) is 0. The summed E-state index contributed by atoms with van der Waals surface area (Å²) in [6, 6.07) is 21.8. The Labute approximate surface area is 196 Å². The number of hydrogen-bond donors (Lipinski definition) is 2. The number of carboxylic acids is 1. The van der Waals surface area contributed by atoms with Gasteiger partial charge < -0.3 is 24.6 Å². The SMILES string of the molecule is COc1cccc(C=Cc2ccc(C(=O)O)c(NC(=O)C3=COC(Cc4ccccc4)O3)c2)c1. The predicted molar refractivity (Wildman–Crippen MR) is 128 cm³/mol. The van der Waals surface area contributed by atoms with Crippen molar-refractivity contribution in [1.82, 2.24) is 0 Å². The van der Waals surface area contributed by atoms with Crippen molar-refractivity contribution >= 4 is 29.7 Å². The lowest BCUT2D eigenvalue weighted by Gasteiger charge is -2.13. The molecule has 2 N–H and O–H groups in total. The Morgan fingerprint density at radius 2 is 1.76 bits per heavy atom. The van der Waals surface area contributed by atoms with Gasteiger partial charge in [0.05, 0.1) is 18.4 Å². The molecule has 1 amide bonds. The van der Waals surface area contributed by atoms with E-state index in [0.717, 1.165) is 16.9 Å². The van der Waals surface area contributed by atoms with Gasteiger partial charge in [0.1, 0.15) is 12.0 Å². The minimum Gasteiger partial charge on any atom is -0.497 e. The van der Waals surface area contributed by atoms with Crippen molar-refractivity contribution in [3.05, 3.63) is 107 Å². The van der Waals surface area contributed by atoms with Gasteiger partial charge in [-0.3, -0.25) is 4.79 Å². The number of hydrogen-bond acceptors (Lipinski definition) is 5. The van der Waals surface area contributed by atoms with Crippen LogP contribution in [-0.4, -0.2) is 30.4 Å². The predicted octanol–water partition coefficient (Wildman–Crippen LogP) is 4.96. The second-order valence-electron chi connectivity index (χ2n) is 7.53. The zero-order valence-corrected chi connectivity index (χ0v) is 18.4. The lowest BCUT2D eigenvalue weighted by Crippen LogP contribution is -2.20. The second-order valence-corrected chi connectivity index (χ2v) is 7.53. The maximum atomic E-state index is 12.7. The summed E-state index contributed by atoms with van der Waals surface area (Å²) < 4.78 is 16.3. The number of rotatable bonds is 8. The molecule has 0 fully saturated rings. The monoisotopic (exact) mass is 457 g/mol. The standard InChI is InChI=1S/C27H23NO6/c1-32-21-9-5-8-19(14-21)10-11-20-12-13-22(27(30)31)23(15-20)28-26(29)24-17-33-25(34-24)16-18-6-3-2-4-7-18/h2-15,17,25H,16H2,1H3,(H,28,29)(H,30,31). The molecule has 0 spiro atoms. The third-order valence-corrected chi connectivity index (χ3v) is 5.14. The molecule has 0 radical (unpaired) electrons. The summed E-state index contributed by atoms with van der Waals surface area (Å²) in [6.07, 6.45) is 4.78. The van der Waals surface area contributed by atoms with E-state index in [9.17, 15) is 14.7 Å². The van der Waals surface area contributed by atoms with Crippen LogP contribution < -0.4 is 10.1 Å². The summed E-state index contributed by atoms with van der Waals surface area (Å²) in [5, 5.41) is 12.2. The summed E-state index contributed by atoms with van der Waals surface area (Å²) in [7, 11) is 1.60. The van der Waals surface area contributed by atoms with E-state index in [0.29, 0.717) is 12.0 Å². The van der Waals surface area contributed by atoms with Crippen LogP contribution in [0.2, 0.25) is 0 Å². The number of benzene rings is 3. The van der Waals surface area contributed by atoms with E-state index in [1.165, 1.54) is 12.3 Å². The van der Waals surface area contributed by atoms with Crippen LogP contribution in [0.1, 0.15) is 27.0 Å². The molecule has 34 heavy (non-hydrogen) atoms. The van der Waals surface area contributed by atoms with Crippen LogP contribution in [0.5, 0.6) is 5.75 Å². The number of amides is 1. The van der Waals surface area contributed by atoms with Gasteiger partial charge in [-0.1, -0.05) is 60.7 Å². The van der Waals surface area contributed by atoms with Gasteiger partial charge in [0.25, 0.3) is 5.91 Å². The van der Waals surface area contributed by atoms with Crippen LogP contribution in [0.15, 0.2) is 84.8 Å². The Balaban J connectivity index is 1.46. The second kappa shape index (κ2) is 10.4. The highest BCUT2D eigenvalue weighted by Crippen LogP contribution is 2.24. The van der Waals surface area contributed by atoms with Crippen molar-refractivity contribution in [3.8, 4) is 5.75 Å². The molecule has 7 heteroatoms. The topological polar surface area (TPSA) is 94.1 Å². The third-order valence-electron chi connectivity index (χ3n) is 5.14. The Morgan fingerprint density at radius 3 is 2.50 bits per heavy atom. The largest absolute Gasteiger partial charge is 0.497 e. The maximum absolute atomic E-state index is 12.7. The van der Waals surface area contributed by atoms with E-state index in [4.69, 9.17) is 14.2 Å². The van der Waals surface area contributed by atoms with Crippen LogP contribution >= 0.6 is 0 Å². The highest BCUT2D eigenvalue weighted by Gasteiger charge is 2.26. The minimum atomic E-state index is -1.15. The highest BCUT2D eigenvalue weighted by molar-refractivity contribution is 6.06. The lowest BCUT2D eigenvalue weighted by molar-refractivity contribution is -0.118. The maximum Gasteiger partial charge on any atom is 0.337 e. The van der Waals surface area contributed by atoms with E-state index in [1.54, 1.807) is 19.2 Å². The summed E-state index contributed by atoms with van der Waals surface area (Å²) in [5.41, 5.74) is 2.75. The number of anilines is 1. The Hall–Kier alpha value is -4.52. The normalized spacial score (nSPS) is 14.7. The zero-order chi connectivity index (χ0) is 23.9. The molecule has 1 aliphatic rings. The number of aromatic carboxylic acids is 1. The Bertz CT molecular complexity index is 1250. The van der Waals surface area contributed by atoms with Crippen LogP contribution in [0.4, 0.5) is 5.69 Å². The van der Waals surface area contributed by atoms with Crippen molar-refractivity contribution in [2.75, 3.05) is 12.4 Å². The third kappa shape index (κ3) is 5.63. The smallest absolute Gasteiger partial charge is 0.337 e. The molecule has 4 rings (SSSR count). The molecule has 3 aromatic rings. The van der Waals surface area contributed by atoms with Crippen LogP contribution in [0.25, 0.3) is 12.2 Å². The molecule has 1 heterocycles. The molecule has 1 aliphatic heterocycles. The number of carbonyl (C=O) groups is 2. The van der Waals surface area contributed by atoms with Crippen LogP contribution in [0.3, 0.4) is 0 Å². The highest BCUT2D eigenvalue weighted by atomic mass is 16.7. The van der Waals surface area contributed by atoms with E-state index >= 15 is 0 Å². The molecule has 7 nitrogen and oxygen atoms in total. The van der Waals surface area contributed by atoms with Gasteiger partial charge in [-0.25, -0.2) is 4.79 Å². The van der Waals surface area contributed by atoms with Gasteiger partial charge in [-0.2, -0.15) is 0 Å². The molecule has 1 unspecified atom stereocenters. The van der Waals surface area contributed by atoms with Gasteiger partial charge in [0, 0.05) is 6.42 Å². The molecule has 0 aromatic heterocycles. The van der Waals surface area contributed by atoms with Crippen molar-refractivity contribution < 1.29 is 28.9 Å². The van der Waals surface area contributed by atoms with E-state index in [1.807, 2.05) is 66.7 Å². The summed E-state index contributed by atoms with van der Waals surface area (Å²) in [4.78, 5) is 24.4. The van der Waals surface area contributed by atoms with Crippen molar-refractivity contribution in [1.29, 1.82) is 0 Å². The number of nitrogens with one attached hydrogen (secondary N) is 1. The average molecular weight is 457 g/mol. The molecule has 172 valence electrons. The molecule has 1 atom stereocenters. The fraction of sp³-hybridized carbons (Fsp3) is 0.111. The van der Waals surface area contributed by atoms with Gasteiger partial charge in [-0.05, 0) is 41.0 Å². The first-order chi connectivity index (χ1) is 16.5. The van der Waals surface area contributed by atoms with Gasteiger partial charge in [-0.15, -0.1) is 0 Å². The van der Waals surface area contributed by atoms with Gasteiger partial charge in [0.15, 0.2) is 0 Å². The van der Waals surface area contributed by atoms with Crippen LogP contribution in [0, 0.1) is 0 Å². The van der Waals surface area contributed by atoms with Crippen molar-refractivity contribution in [3.63, 3.8) is 0 Å². The summed E-state index contributed by atoms with van der Waals surface area (Å²) >= 11 is 0. The van der Waals surface area contributed by atoms with E-state index in [2.05, 4.69) is 5.32 Å². The average Bonchev–Trinajstić information content (AvgIpc) is 3.32. The first-order valence-electron chi connectivity index (χ1n) is 10.6. The number of carboxylic acid groups (broad SMARTS) is 1. The molecule has 0 aliphatic carbocycles. The molecular weight excluding hydrogens is 434 g/mol. The molecular formula is C27H23NO6. The Morgan fingerprint density at radius 1 is 1.00 bits per heavy atom. The zero-order valence-electron chi connectivity index (χ0n) is 18.4. The van der Waals surface area contributed by atoms with Crippen LogP contribution in [-0.2, 0) is 20.7 Å². The first kappa shape index (κ1) is 22.7. The fourth-order valence-corrected chi connectivity index (χ4v) is 3.42. The fourth-order valence-electron chi connectivity index (χ4n) is 3.42. The number of ether oxygens (including phenoxy) is 3. The summed E-state index contributed by atoms with van der Waals surface area (Å²) in [5.74, 6) is -1.03. The molecule has 3 aromatic carbocycles. The lowest BCUT2D eigenvalue weighted by atomic mass is 10.1. The van der Waals surface area contributed by atoms with E-state index in [-0.39, 0.29) is 17.0 Å². The first-order valence-corrected chi connectivity index (χ1v) is 10.6. The van der Waals surface area contributed by atoms with Gasteiger partial charge >= 0.3 is 5.97 Å². The number of methoxy groups -OCH3 is 1. The quantitative estimate of drug-likeness (QED) is 0.465.